The van der Waals surface area contributed by atoms with Crippen LogP contribution < -0.4 is 5.32 Å². The first-order chi connectivity index (χ1) is 13.0. The summed E-state index contributed by atoms with van der Waals surface area (Å²) in [5.41, 5.74) is 1.32. The fraction of sp³-hybridized carbons (Fsp3) is 0.444. The lowest BCUT2D eigenvalue weighted by Gasteiger charge is -2.18. The number of hydrogen-bond donors (Lipinski definition) is 1. The molecule has 0 spiro atoms. The van der Waals surface area contributed by atoms with Gasteiger partial charge in [-0.25, -0.2) is 13.4 Å². The smallest absolute Gasteiger partial charge is 0.271 e. The molecule has 3 heterocycles. The van der Waals surface area contributed by atoms with E-state index in [2.05, 4.69) is 10.3 Å². The molecule has 0 unspecified atom stereocenters. The number of sulfonamides is 1. The number of nitrogens with zero attached hydrogens (tertiary/aromatic N) is 3. The molecule has 2 aromatic rings. The molecule has 0 bridgehead atoms. The zero-order valence-corrected chi connectivity index (χ0v) is 15.9. The number of ether oxygens (including phenoxy) is 1. The van der Waals surface area contributed by atoms with E-state index in [1.807, 2.05) is 0 Å². The van der Waals surface area contributed by atoms with Gasteiger partial charge in [-0.05, 0) is 25.0 Å². The number of para-hydroxylation sites is 1. The van der Waals surface area contributed by atoms with E-state index in [1.54, 1.807) is 35.8 Å². The molecule has 0 radical (unpaired) electrons. The lowest BCUT2D eigenvalue weighted by Crippen LogP contribution is -2.34. The van der Waals surface area contributed by atoms with Crippen molar-refractivity contribution in [2.45, 2.75) is 37.3 Å². The van der Waals surface area contributed by atoms with Crippen LogP contribution in [0.4, 0.5) is 0 Å². The number of amides is 1. The largest absolute Gasteiger partial charge is 0.376 e. The SMILES string of the molecule is CCN1Cc2c(C(=O)NC[C@H]3CCCO3)ncn2-c2ccccc2S1(=O)=O. The normalized spacial score (nSPS) is 21.3. The van der Waals surface area contributed by atoms with E-state index in [0.717, 1.165) is 19.4 Å². The number of carbonyl (C=O) groups is 1. The summed E-state index contributed by atoms with van der Waals surface area (Å²) >= 11 is 0. The molecular formula is C18H22N4O4S. The average molecular weight is 390 g/mol. The molecule has 9 heteroatoms. The summed E-state index contributed by atoms with van der Waals surface area (Å²) < 4.78 is 34.6. The van der Waals surface area contributed by atoms with Crippen LogP contribution in [0.3, 0.4) is 0 Å². The van der Waals surface area contributed by atoms with Crippen molar-refractivity contribution >= 4 is 15.9 Å². The van der Waals surface area contributed by atoms with Crippen LogP contribution in [0.25, 0.3) is 5.69 Å². The maximum Gasteiger partial charge on any atom is 0.271 e. The van der Waals surface area contributed by atoms with Crippen molar-refractivity contribution in [1.82, 2.24) is 19.2 Å². The van der Waals surface area contributed by atoms with Crippen LogP contribution in [0.5, 0.6) is 0 Å². The van der Waals surface area contributed by atoms with Crippen molar-refractivity contribution < 1.29 is 17.9 Å². The third kappa shape index (κ3) is 3.15. The van der Waals surface area contributed by atoms with Gasteiger partial charge in [0, 0.05) is 19.7 Å². The Labute approximate surface area is 158 Å². The minimum atomic E-state index is -3.64. The average Bonchev–Trinajstić information content (AvgIpc) is 3.32. The predicted molar refractivity (Wildman–Crippen MR) is 98.1 cm³/mol. The van der Waals surface area contributed by atoms with E-state index in [0.29, 0.717) is 24.5 Å². The van der Waals surface area contributed by atoms with Gasteiger partial charge in [-0.15, -0.1) is 0 Å². The van der Waals surface area contributed by atoms with Gasteiger partial charge >= 0.3 is 0 Å². The Morgan fingerprint density at radius 2 is 2.19 bits per heavy atom. The highest BCUT2D eigenvalue weighted by Crippen LogP contribution is 2.30. The second kappa shape index (κ2) is 7.06. The summed E-state index contributed by atoms with van der Waals surface area (Å²) in [5.74, 6) is -0.313. The van der Waals surface area contributed by atoms with E-state index in [4.69, 9.17) is 4.74 Å². The summed E-state index contributed by atoms with van der Waals surface area (Å²) in [6.45, 7) is 3.33. The van der Waals surface area contributed by atoms with E-state index >= 15 is 0 Å². The summed E-state index contributed by atoms with van der Waals surface area (Å²) in [6, 6.07) is 6.78. The Balaban J connectivity index is 1.71. The van der Waals surface area contributed by atoms with Gasteiger partial charge < -0.3 is 10.1 Å². The lowest BCUT2D eigenvalue weighted by atomic mass is 10.2. The monoisotopic (exact) mass is 390 g/mol. The van der Waals surface area contributed by atoms with Gasteiger partial charge in [-0.3, -0.25) is 9.36 Å². The number of rotatable bonds is 4. The molecule has 2 aliphatic heterocycles. The van der Waals surface area contributed by atoms with Gasteiger partial charge in [0.05, 0.1) is 24.0 Å². The quantitative estimate of drug-likeness (QED) is 0.849. The van der Waals surface area contributed by atoms with E-state index in [-0.39, 0.29) is 29.1 Å². The third-order valence-electron chi connectivity index (χ3n) is 5.02. The second-order valence-corrected chi connectivity index (χ2v) is 8.56. The first-order valence-corrected chi connectivity index (χ1v) is 10.5. The van der Waals surface area contributed by atoms with Crippen molar-refractivity contribution in [2.24, 2.45) is 0 Å². The van der Waals surface area contributed by atoms with Gasteiger partial charge in [-0.2, -0.15) is 4.31 Å². The highest BCUT2D eigenvalue weighted by molar-refractivity contribution is 7.89. The molecular weight excluding hydrogens is 368 g/mol. The molecule has 0 aliphatic carbocycles. The van der Waals surface area contributed by atoms with Crippen molar-refractivity contribution in [3.8, 4) is 5.69 Å². The number of fused-ring (bicyclic) bond motifs is 3. The number of hydrogen-bond acceptors (Lipinski definition) is 5. The zero-order chi connectivity index (χ0) is 19.0. The predicted octanol–water partition coefficient (Wildman–Crippen LogP) is 1.31. The molecule has 144 valence electrons. The molecule has 27 heavy (non-hydrogen) atoms. The molecule has 1 atom stereocenters. The number of benzene rings is 1. The Kier molecular flexibility index (Phi) is 4.75. The Morgan fingerprint density at radius 3 is 2.93 bits per heavy atom. The Hall–Kier alpha value is -2.23. The fourth-order valence-electron chi connectivity index (χ4n) is 3.56. The number of aromatic nitrogens is 2. The molecule has 1 aromatic carbocycles. The maximum atomic E-state index is 13.0. The topological polar surface area (TPSA) is 93.5 Å². The van der Waals surface area contributed by atoms with Gasteiger partial charge in [-0.1, -0.05) is 19.1 Å². The van der Waals surface area contributed by atoms with Gasteiger partial charge in [0.2, 0.25) is 10.0 Å². The summed E-state index contributed by atoms with van der Waals surface area (Å²) in [4.78, 5) is 17.2. The lowest BCUT2D eigenvalue weighted by molar-refractivity contribution is 0.0852. The van der Waals surface area contributed by atoms with Gasteiger partial charge in [0.1, 0.15) is 11.2 Å². The van der Waals surface area contributed by atoms with Crippen molar-refractivity contribution in [3.05, 3.63) is 42.0 Å². The number of nitrogens with one attached hydrogen (secondary N) is 1. The molecule has 1 amide bonds. The number of carbonyl (C=O) groups excluding carboxylic acids is 1. The Bertz CT molecular complexity index is 963. The van der Waals surface area contributed by atoms with Crippen molar-refractivity contribution in [1.29, 1.82) is 0 Å². The molecule has 1 saturated heterocycles. The van der Waals surface area contributed by atoms with Crippen molar-refractivity contribution in [2.75, 3.05) is 19.7 Å². The minimum Gasteiger partial charge on any atom is -0.376 e. The first kappa shape index (κ1) is 18.1. The molecule has 4 rings (SSSR count). The first-order valence-electron chi connectivity index (χ1n) is 9.08. The van der Waals surface area contributed by atoms with Crippen LogP contribution in [0.2, 0.25) is 0 Å². The second-order valence-electron chi connectivity index (χ2n) is 6.65. The van der Waals surface area contributed by atoms with Crippen LogP contribution in [-0.2, 0) is 21.3 Å². The fourth-order valence-corrected chi connectivity index (χ4v) is 5.16. The van der Waals surface area contributed by atoms with Crippen LogP contribution in [0, 0.1) is 0 Å². The third-order valence-corrected chi connectivity index (χ3v) is 6.99. The highest BCUT2D eigenvalue weighted by Gasteiger charge is 2.34. The minimum absolute atomic E-state index is 0.0309. The highest BCUT2D eigenvalue weighted by atomic mass is 32.2. The van der Waals surface area contributed by atoms with E-state index in [9.17, 15) is 13.2 Å². The zero-order valence-electron chi connectivity index (χ0n) is 15.1. The van der Waals surface area contributed by atoms with Crippen LogP contribution >= 0.6 is 0 Å². The van der Waals surface area contributed by atoms with Crippen molar-refractivity contribution in [3.63, 3.8) is 0 Å². The van der Waals surface area contributed by atoms with Crippen LogP contribution in [-0.4, -0.2) is 54.0 Å². The standard InChI is InChI=1S/C18H22N4O4S/c1-2-21-11-15-17(18(23)19-10-13-6-5-9-26-13)20-12-22(15)14-7-3-4-8-16(14)27(21,24)25/h3-4,7-8,12-13H,2,5-6,9-11H2,1H3,(H,19,23)/t13-/m1/s1. The maximum absolute atomic E-state index is 13.0. The van der Waals surface area contributed by atoms with Crippen LogP contribution in [0.15, 0.2) is 35.5 Å². The summed E-state index contributed by atoms with van der Waals surface area (Å²) in [7, 11) is -3.64. The molecule has 1 N–H and O–H groups in total. The number of imidazole rings is 1. The van der Waals surface area contributed by atoms with Gasteiger partial charge in [0.25, 0.3) is 5.91 Å². The molecule has 0 saturated carbocycles. The Morgan fingerprint density at radius 1 is 1.37 bits per heavy atom. The van der Waals surface area contributed by atoms with Gasteiger partial charge in [0.15, 0.2) is 5.69 Å². The van der Waals surface area contributed by atoms with E-state index in [1.165, 1.54) is 10.6 Å². The molecule has 1 aromatic heterocycles. The van der Waals surface area contributed by atoms with Crippen LogP contribution in [0.1, 0.15) is 35.9 Å². The van der Waals surface area contributed by atoms with E-state index < -0.39 is 10.0 Å². The molecule has 1 fully saturated rings. The summed E-state index contributed by atoms with van der Waals surface area (Å²) in [6.07, 6.45) is 3.48. The molecule has 8 nitrogen and oxygen atoms in total. The summed E-state index contributed by atoms with van der Waals surface area (Å²) in [5, 5.41) is 2.87. The molecule has 2 aliphatic rings.